The van der Waals surface area contributed by atoms with Crippen LogP contribution in [0.15, 0.2) is 23.1 Å². The second-order valence-corrected chi connectivity index (χ2v) is 3.72. The van der Waals surface area contributed by atoms with Crippen molar-refractivity contribution in [1.82, 2.24) is 20.4 Å². The van der Waals surface area contributed by atoms with E-state index in [4.69, 9.17) is 10.3 Å². The van der Waals surface area contributed by atoms with E-state index in [1.54, 1.807) is 0 Å². The van der Waals surface area contributed by atoms with E-state index < -0.39 is 16.5 Å². The van der Waals surface area contributed by atoms with Gasteiger partial charge in [0.25, 0.3) is 11.6 Å². The number of hydrogen-bond acceptors (Lipinski definition) is 8. The molecule has 10 nitrogen and oxygen atoms in total. The van der Waals surface area contributed by atoms with Gasteiger partial charge in [-0.3, -0.25) is 14.9 Å². The molecule has 3 N–H and O–H groups in total. The number of anilines is 1. The van der Waals surface area contributed by atoms with Crippen molar-refractivity contribution in [3.63, 3.8) is 0 Å². The number of carbonyl (C=O) groups is 1. The summed E-state index contributed by atoms with van der Waals surface area (Å²) in [6, 6.07) is 1.15. The Bertz CT molecular complexity index is 627. The Kier molecular flexibility index (Phi) is 3.84. The summed E-state index contributed by atoms with van der Waals surface area (Å²) in [5.74, 6) is -0.239. The summed E-state index contributed by atoms with van der Waals surface area (Å²) in [6.45, 7) is 0.195. The summed E-state index contributed by atoms with van der Waals surface area (Å²) >= 11 is 0. The maximum atomic E-state index is 11.9. The van der Waals surface area contributed by atoms with Gasteiger partial charge in [0.15, 0.2) is 6.33 Å². The lowest BCUT2D eigenvalue weighted by molar-refractivity contribution is -0.385. The first-order valence-electron chi connectivity index (χ1n) is 5.51. The molecule has 0 unspecified atom stereocenters. The van der Waals surface area contributed by atoms with Crippen molar-refractivity contribution in [2.45, 2.75) is 6.42 Å². The third-order valence-electron chi connectivity index (χ3n) is 2.38. The Morgan fingerprint density at radius 3 is 2.95 bits per heavy atom. The van der Waals surface area contributed by atoms with Crippen LogP contribution in [0.1, 0.15) is 16.2 Å². The predicted molar refractivity (Wildman–Crippen MR) is 65.6 cm³/mol. The summed E-state index contributed by atoms with van der Waals surface area (Å²) < 4.78 is 4.75. The topological polar surface area (TPSA) is 150 Å². The summed E-state index contributed by atoms with van der Waals surface area (Å²) in [7, 11) is 0. The smallest absolute Gasteiger partial charge is 0.300 e. The molecule has 1 amide bonds. The van der Waals surface area contributed by atoms with Gasteiger partial charge in [-0.2, -0.15) is 4.98 Å². The molecular weight excluding hydrogens is 268 g/mol. The lowest BCUT2D eigenvalue weighted by Gasteiger charge is -2.04. The molecule has 104 valence electrons. The Hall–Kier alpha value is -3.04. The van der Waals surface area contributed by atoms with Crippen LogP contribution in [0.25, 0.3) is 0 Å². The fourth-order valence-electron chi connectivity index (χ4n) is 1.48. The molecule has 0 spiro atoms. The Balaban J connectivity index is 2.05. The number of nitro groups is 1. The first-order chi connectivity index (χ1) is 9.58. The molecule has 2 aromatic heterocycles. The summed E-state index contributed by atoms with van der Waals surface area (Å²) in [5, 5.41) is 16.7. The maximum Gasteiger partial charge on any atom is 0.300 e. The number of hydrogen-bond donors (Lipinski definition) is 2. The van der Waals surface area contributed by atoms with Gasteiger partial charge in [0.1, 0.15) is 17.6 Å². The Morgan fingerprint density at radius 1 is 1.50 bits per heavy atom. The predicted octanol–water partition coefficient (Wildman–Crippen LogP) is -0.0725. The largest absolute Gasteiger partial charge is 0.384 e. The van der Waals surface area contributed by atoms with Crippen LogP contribution >= 0.6 is 0 Å². The summed E-state index contributed by atoms with van der Waals surface area (Å²) in [4.78, 5) is 29.4. The zero-order valence-corrected chi connectivity index (χ0v) is 10.1. The Labute approximate surface area is 112 Å². The van der Waals surface area contributed by atoms with E-state index in [1.807, 2.05) is 0 Å². The van der Waals surface area contributed by atoms with Crippen LogP contribution in [0.3, 0.4) is 0 Å². The molecule has 0 aromatic carbocycles. The number of aromatic nitrogens is 3. The number of amides is 1. The zero-order valence-electron chi connectivity index (χ0n) is 10.1. The average molecular weight is 278 g/mol. The van der Waals surface area contributed by atoms with Crippen molar-refractivity contribution < 1.29 is 14.2 Å². The summed E-state index contributed by atoms with van der Waals surface area (Å²) in [5.41, 5.74) is 4.87. The highest BCUT2D eigenvalue weighted by Crippen LogP contribution is 2.18. The molecule has 20 heavy (non-hydrogen) atoms. The lowest BCUT2D eigenvalue weighted by Crippen LogP contribution is -2.26. The number of carbonyl (C=O) groups excluding carboxylic acids is 1. The minimum atomic E-state index is -0.695. The normalized spacial score (nSPS) is 10.2. The molecule has 0 atom stereocenters. The molecule has 0 bridgehead atoms. The second-order valence-electron chi connectivity index (χ2n) is 3.72. The fourth-order valence-corrected chi connectivity index (χ4v) is 1.48. The minimum absolute atomic E-state index is 0.0256. The lowest BCUT2D eigenvalue weighted by atomic mass is 10.2. The number of nitrogen functional groups attached to an aromatic ring is 1. The molecule has 2 rings (SSSR count). The molecule has 0 aliphatic rings. The monoisotopic (exact) mass is 278 g/mol. The summed E-state index contributed by atoms with van der Waals surface area (Å²) in [6.07, 6.45) is 2.51. The number of nitrogens with zero attached hydrogens (tertiary/aromatic N) is 4. The van der Waals surface area contributed by atoms with Crippen LogP contribution in [0, 0.1) is 10.1 Å². The van der Waals surface area contributed by atoms with Crippen molar-refractivity contribution in [3.8, 4) is 0 Å². The highest BCUT2D eigenvalue weighted by Gasteiger charge is 2.21. The van der Waals surface area contributed by atoms with Crippen molar-refractivity contribution in [2.24, 2.45) is 0 Å². The van der Waals surface area contributed by atoms with Gasteiger partial charge in [0.2, 0.25) is 5.89 Å². The maximum absolute atomic E-state index is 11.9. The molecule has 2 aromatic rings. The van der Waals surface area contributed by atoms with E-state index >= 15 is 0 Å². The minimum Gasteiger partial charge on any atom is -0.384 e. The standard InChI is InChI=1S/C10H10N6O4/c11-8-3-6(7(4-13-8)16(18)19)10(17)12-2-1-9-14-5-15-20-9/h3-5H,1-2H2,(H2,11,13)(H,12,17). The molecule has 0 saturated carbocycles. The van der Waals surface area contributed by atoms with Crippen LogP contribution in [0.2, 0.25) is 0 Å². The van der Waals surface area contributed by atoms with Gasteiger partial charge < -0.3 is 15.6 Å². The van der Waals surface area contributed by atoms with Gasteiger partial charge in [-0.05, 0) is 6.07 Å². The average Bonchev–Trinajstić information content (AvgIpc) is 2.91. The number of rotatable bonds is 5. The SMILES string of the molecule is Nc1cc(C(=O)NCCc2ncno2)c([N+](=O)[O-])cn1. The molecule has 10 heteroatoms. The molecule has 0 saturated heterocycles. The van der Waals surface area contributed by atoms with Crippen LogP contribution in [0.5, 0.6) is 0 Å². The first kappa shape index (κ1) is 13.4. The van der Waals surface area contributed by atoms with E-state index in [-0.39, 0.29) is 17.9 Å². The zero-order chi connectivity index (χ0) is 14.5. The molecule has 0 radical (unpaired) electrons. The molecule has 0 aliphatic heterocycles. The van der Waals surface area contributed by atoms with E-state index in [0.29, 0.717) is 12.3 Å². The first-order valence-corrected chi connectivity index (χ1v) is 5.51. The van der Waals surface area contributed by atoms with E-state index in [2.05, 4.69) is 20.4 Å². The Morgan fingerprint density at radius 2 is 2.30 bits per heavy atom. The van der Waals surface area contributed by atoms with Gasteiger partial charge in [0.05, 0.1) is 4.92 Å². The molecule has 0 fully saturated rings. The van der Waals surface area contributed by atoms with Crippen molar-refractivity contribution >= 4 is 17.4 Å². The molecule has 0 aliphatic carbocycles. The van der Waals surface area contributed by atoms with Crippen LogP contribution in [0.4, 0.5) is 11.5 Å². The number of nitrogens with two attached hydrogens (primary N) is 1. The molecular formula is C10H10N6O4. The van der Waals surface area contributed by atoms with Gasteiger partial charge in [-0.25, -0.2) is 4.98 Å². The number of pyridine rings is 1. The van der Waals surface area contributed by atoms with Crippen LogP contribution < -0.4 is 11.1 Å². The number of nitrogens with one attached hydrogen (secondary N) is 1. The highest BCUT2D eigenvalue weighted by atomic mass is 16.6. The van der Waals surface area contributed by atoms with Gasteiger partial charge in [-0.15, -0.1) is 0 Å². The van der Waals surface area contributed by atoms with Crippen molar-refractivity contribution in [2.75, 3.05) is 12.3 Å². The van der Waals surface area contributed by atoms with E-state index in [9.17, 15) is 14.9 Å². The van der Waals surface area contributed by atoms with Crippen LogP contribution in [-0.2, 0) is 6.42 Å². The molecule has 2 heterocycles. The van der Waals surface area contributed by atoms with Crippen molar-refractivity contribution in [1.29, 1.82) is 0 Å². The van der Waals surface area contributed by atoms with Gasteiger partial charge >= 0.3 is 0 Å². The van der Waals surface area contributed by atoms with E-state index in [1.165, 1.54) is 6.33 Å². The third-order valence-corrected chi connectivity index (χ3v) is 2.38. The third kappa shape index (κ3) is 3.04. The van der Waals surface area contributed by atoms with Crippen LogP contribution in [-0.4, -0.2) is 32.5 Å². The highest BCUT2D eigenvalue weighted by molar-refractivity contribution is 5.98. The fraction of sp³-hybridized carbons (Fsp3) is 0.200. The second kappa shape index (κ2) is 5.73. The van der Waals surface area contributed by atoms with Gasteiger partial charge in [-0.1, -0.05) is 5.16 Å². The quantitative estimate of drug-likeness (QED) is 0.569. The van der Waals surface area contributed by atoms with E-state index in [0.717, 1.165) is 12.3 Å². The van der Waals surface area contributed by atoms with Crippen molar-refractivity contribution in [3.05, 3.63) is 40.2 Å². The van der Waals surface area contributed by atoms with Gasteiger partial charge in [0, 0.05) is 13.0 Å².